The van der Waals surface area contributed by atoms with E-state index in [0.717, 1.165) is 6.42 Å². The molecule has 98 valence electrons. The molecule has 5 heteroatoms. The Hall–Kier alpha value is -1.36. The van der Waals surface area contributed by atoms with Crippen molar-refractivity contribution < 1.29 is 14.7 Å². The molecule has 0 unspecified atom stereocenters. The van der Waals surface area contributed by atoms with Crippen molar-refractivity contribution >= 4 is 23.2 Å². The number of hydrogen-bond acceptors (Lipinski definition) is 3. The fourth-order valence-electron chi connectivity index (χ4n) is 2.18. The van der Waals surface area contributed by atoms with Crippen LogP contribution in [0.3, 0.4) is 0 Å². The molecule has 0 saturated heterocycles. The number of amides is 1. The summed E-state index contributed by atoms with van der Waals surface area (Å²) in [6.45, 7) is 2.36. The minimum Gasteiger partial charge on any atom is -0.481 e. The van der Waals surface area contributed by atoms with Crippen LogP contribution in [0.5, 0.6) is 0 Å². The molecule has 1 heterocycles. The summed E-state index contributed by atoms with van der Waals surface area (Å²) in [6, 6.07) is 2.08. The van der Waals surface area contributed by atoms with Crippen LogP contribution in [-0.4, -0.2) is 35.5 Å². The smallest absolute Gasteiger partial charge is 0.305 e. The molecule has 1 aromatic heterocycles. The molecule has 1 fully saturated rings. The number of carboxylic acids is 1. The lowest BCUT2D eigenvalue weighted by molar-refractivity contribution is -0.138. The molecule has 1 aliphatic carbocycles. The molecular weight excluding hydrogens is 250 g/mol. The summed E-state index contributed by atoms with van der Waals surface area (Å²) >= 11 is 1.71. The van der Waals surface area contributed by atoms with Crippen LogP contribution in [0.4, 0.5) is 0 Å². The third-order valence-corrected chi connectivity index (χ3v) is 4.53. The van der Waals surface area contributed by atoms with Gasteiger partial charge in [-0.25, -0.2) is 0 Å². The zero-order valence-corrected chi connectivity index (χ0v) is 11.4. The van der Waals surface area contributed by atoms with Crippen molar-refractivity contribution in [2.24, 2.45) is 5.92 Å². The molecule has 4 nitrogen and oxygen atoms in total. The lowest BCUT2D eigenvalue weighted by Gasteiger charge is -2.15. The van der Waals surface area contributed by atoms with E-state index in [2.05, 4.69) is 18.4 Å². The zero-order valence-electron chi connectivity index (χ0n) is 10.5. The Morgan fingerprint density at radius 1 is 1.56 bits per heavy atom. The van der Waals surface area contributed by atoms with Gasteiger partial charge in [-0.1, -0.05) is 0 Å². The van der Waals surface area contributed by atoms with E-state index in [1.807, 2.05) is 0 Å². The Morgan fingerprint density at radius 3 is 2.83 bits per heavy atom. The number of thiophene rings is 1. The standard InChI is InChI=1S/C13H17NO3S/c1-8-4-6-18-12(8)9-7-10(9)13(17)14(2)5-3-11(15)16/h4,6,9-10H,3,5,7H2,1-2H3,(H,15,16)/t9-,10+/m1/s1. The van der Waals surface area contributed by atoms with Crippen molar-refractivity contribution in [3.05, 3.63) is 21.9 Å². The topological polar surface area (TPSA) is 57.6 Å². The molecule has 1 aromatic rings. The quantitative estimate of drug-likeness (QED) is 0.888. The Morgan fingerprint density at radius 2 is 2.28 bits per heavy atom. The van der Waals surface area contributed by atoms with Crippen molar-refractivity contribution in [3.8, 4) is 0 Å². The van der Waals surface area contributed by atoms with Gasteiger partial charge in [-0.15, -0.1) is 11.3 Å². The lowest BCUT2D eigenvalue weighted by Crippen LogP contribution is -2.30. The van der Waals surface area contributed by atoms with Crippen LogP contribution < -0.4 is 0 Å². The maximum atomic E-state index is 12.1. The van der Waals surface area contributed by atoms with E-state index >= 15 is 0 Å². The van der Waals surface area contributed by atoms with Gasteiger partial charge >= 0.3 is 5.97 Å². The van der Waals surface area contributed by atoms with Gasteiger partial charge in [0.05, 0.1) is 6.42 Å². The largest absolute Gasteiger partial charge is 0.481 e. The molecule has 2 atom stereocenters. The first-order valence-corrected chi connectivity index (χ1v) is 6.89. The molecule has 2 rings (SSSR count). The number of carbonyl (C=O) groups is 2. The van der Waals surface area contributed by atoms with E-state index in [1.54, 1.807) is 23.3 Å². The summed E-state index contributed by atoms with van der Waals surface area (Å²) in [5, 5.41) is 10.7. The van der Waals surface area contributed by atoms with Gasteiger partial charge in [-0.05, 0) is 30.4 Å². The molecule has 0 aliphatic heterocycles. The van der Waals surface area contributed by atoms with Crippen LogP contribution in [0, 0.1) is 12.8 Å². The highest BCUT2D eigenvalue weighted by molar-refractivity contribution is 7.10. The second kappa shape index (κ2) is 5.10. The molecule has 0 radical (unpaired) electrons. The van der Waals surface area contributed by atoms with Crippen LogP contribution in [0.2, 0.25) is 0 Å². The minimum absolute atomic E-state index is 0.0116. The number of rotatable bonds is 5. The Kier molecular flexibility index (Phi) is 3.71. The summed E-state index contributed by atoms with van der Waals surface area (Å²) in [4.78, 5) is 25.4. The number of carboxylic acid groups (broad SMARTS) is 1. The van der Waals surface area contributed by atoms with E-state index in [9.17, 15) is 9.59 Å². The highest BCUT2D eigenvalue weighted by Gasteiger charge is 2.46. The van der Waals surface area contributed by atoms with Crippen molar-refractivity contribution in [1.82, 2.24) is 4.90 Å². The SMILES string of the molecule is Cc1ccsc1[C@@H]1C[C@@H]1C(=O)N(C)CCC(=O)O. The third-order valence-electron chi connectivity index (χ3n) is 3.38. The molecule has 1 aliphatic rings. The first-order valence-electron chi connectivity index (χ1n) is 6.01. The zero-order chi connectivity index (χ0) is 13.3. The maximum Gasteiger partial charge on any atom is 0.305 e. The van der Waals surface area contributed by atoms with Crippen molar-refractivity contribution in [2.45, 2.75) is 25.7 Å². The summed E-state index contributed by atoms with van der Waals surface area (Å²) in [7, 11) is 1.68. The molecule has 1 N–H and O–H groups in total. The number of carbonyl (C=O) groups excluding carboxylic acids is 1. The Bertz CT molecular complexity index is 469. The first-order chi connectivity index (χ1) is 8.50. The Labute approximate surface area is 110 Å². The van der Waals surface area contributed by atoms with E-state index in [1.165, 1.54) is 10.4 Å². The van der Waals surface area contributed by atoms with Gasteiger partial charge in [0.25, 0.3) is 0 Å². The lowest BCUT2D eigenvalue weighted by atomic mass is 10.2. The van der Waals surface area contributed by atoms with Crippen molar-refractivity contribution in [2.75, 3.05) is 13.6 Å². The van der Waals surface area contributed by atoms with Gasteiger partial charge in [-0.2, -0.15) is 0 Å². The van der Waals surface area contributed by atoms with Crippen molar-refractivity contribution in [1.29, 1.82) is 0 Å². The average Bonchev–Trinajstić information content (AvgIpc) is 3.00. The summed E-state index contributed by atoms with van der Waals surface area (Å²) < 4.78 is 0. The molecule has 1 amide bonds. The maximum absolute atomic E-state index is 12.1. The van der Waals surface area contributed by atoms with Gasteiger partial charge in [0.1, 0.15) is 0 Å². The predicted molar refractivity (Wildman–Crippen MR) is 69.8 cm³/mol. The average molecular weight is 267 g/mol. The number of nitrogens with zero attached hydrogens (tertiary/aromatic N) is 1. The monoisotopic (exact) mass is 267 g/mol. The number of hydrogen-bond donors (Lipinski definition) is 1. The second-order valence-electron chi connectivity index (χ2n) is 4.82. The highest BCUT2D eigenvalue weighted by atomic mass is 32.1. The van der Waals surface area contributed by atoms with Crippen LogP contribution in [0.15, 0.2) is 11.4 Å². The van der Waals surface area contributed by atoms with Crippen LogP contribution in [0.25, 0.3) is 0 Å². The summed E-state index contributed by atoms with van der Waals surface area (Å²) in [6.07, 6.45) is 0.912. The van der Waals surface area contributed by atoms with Gasteiger partial charge in [0, 0.05) is 30.3 Å². The molecular formula is C13H17NO3S. The van der Waals surface area contributed by atoms with Gasteiger partial charge < -0.3 is 10.0 Å². The highest BCUT2D eigenvalue weighted by Crippen LogP contribution is 2.51. The Balaban J connectivity index is 1.89. The third kappa shape index (κ3) is 2.72. The molecule has 18 heavy (non-hydrogen) atoms. The second-order valence-corrected chi connectivity index (χ2v) is 5.77. The van der Waals surface area contributed by atoms with E-state index in [4.69, 9.17) is 5.11 Å². The fourth-order valence-corrected chi connectivity index (χ4v) is 3.29. The molecule has 0 aromatic carbocycles. The summed E-state index contributed by atoms with van der Waals surface area (Å²) in [5.41, 5.74) is 1.26. The number of aliphatic carboxylic acids is 1. The first kappa shape index (κ1) is 13.1. The van der Waals surface area contributed by atoms with Gasteiger partial charge in [0.2, 0.25) is 5.91 Å². The minimum atomic E-state index is -0.865. The predicted octanol–water partition coefficient (Wildman–Crippen LogP) is 2.09. The number of aryl methyl sites for hydroxylation is 1. The fraction of sp³-hybridized carbons (Fsp3) is 0.538. The van der Waals surface area contributed by atoms with Crippen LogP contribution in [-0.2, 0) is 9.59 Å². The van der Waals surface area contributed by atoms with Crippen molar-refractivity contribution in [3.63, 3.8) is 0 Å². The van der Waals surface area contributed by atoms with Crippen LogP contribution >= 0.6 is 11.3 Å². The van der Waals surface area contributed by atoms with E-state index < -0.39 is 5.97 Å². The van der Waals surface area contributed by atoms with E-state index in [0.29, 0.717) is 12.5 Å². The van der Waals surface area contributed by atoms with Crippen LogP contribution in [0.1, 0.15) is 29.2 Å². The molecule has 0 bridgehead atoms. The van der Waals surface area contributed by atoms with E-state index in [-0.39, 0.29) is 18.2 Å². The normalized spacial score (nSPS) is 21.7. The van der Waals surface area contributed by atoms with Gasteiger partial charge in [0.15, 0.2) is 0 Å². The summed E-state index contributed by atoms with van der Waals surface area (Å²) in [5.74, 6) is -0.379. The molecule has 1 saturated carbocycles. The van der Waals surface area contributed by atoms with Gasteiger partial charge in [-0.3, -0.25) is 9.59 Å². The molecule has 0 spiro atoms.